The molecule has 0 aromatic carbocycles. The van der Waals surface area contributed by atoms with Crippen LogP contribution in [0.4, 0.5) is 5.82 Å². The van der Waals surface area contributed by atoms with Gasteiger partial charge in [0.1, 0.15) is 9.88 Å². The molecule has 0 saturated heterocycles. The zero-order valence-corrected chi connectivity index (χ0v) is 14.6. The number of hydrogen-bond acceptors (Lipinski definition) is 6. The van der Waals surface area contributed by atoms with Crippen LogP contribution in [0.5, 0.6) is 0 Å². The molecule has 3 aromatic heterocycles. The minimum Gasteiger partial charge on any atom is -0.378 e. The molecule has 120 valence electrons. The van der Waals surface area contributed by atoms with Crippen molar-refractivity contribution in [2.24, 2.45) is 0 Å². The molecule has 3 aromatic rings. The average Bonchev–Trinajstić information content (AvgIpc) is 3.20. The Kier molecular flexibility index (Phi) is 4.56. The van der Waals surface area contributed by atoms with E-state index in [0.717, 1.165) is 15.6 Å². The molecule has 0 unspecified atom stereocenters. The molecule has 0 saturated carbocycles. The van der Waals surface area contributed by atoms with E-state index in [1.165, 1.54) is 16.9 Å². The van der Waals surface area contributed by atoms with Gasteiger partial charge in [-0.3, -0.25) is 9.89 Å². The topological polar surface area (TPSA) is 79.9 Å². The first kappa shape index (κ1) is 15.9. The SMILES string of the molecule is COCc1nc(C)c(C(=O)Nc2cc(-c3sccc3C)[nH]n2)s1. The molecule has 0 bridgehead atoms. The van der Waals surface area contributed by atoms with Crippen LogP contribution in [0.3, 0.4) is 0 Å². The molecule has 8 heteroatoms. The number of amides is 1. The predicted octanol–water partition coefficient (Wildman–Crippen LogP) is 3.61. The number of aromatic nitrogens is 3. The van der Waals surface area contributed by atoms with Crippen molar-refractivity contribution >= 4 is 34.4 Å². The van der Waals surface area contributed by atoms with E-state index in [9.17, 15) is 4.79 Å². The highest BCUT2D eigenvalue weighted by atomic mass is 32.1. The summed E-state index contributed by atoms with van der Waals surface area (Å²) in [7, 11) is 1.61. The summed E-state index contributed by atoms with van der Waals surface area (Å²) >= 11 is 2.97. The van der Waals surface area contributed by atoms with Crippen molar-refractivity contribution in [3.05, 3.63) is 38.7 Å². The Hall–Kier alpha value is -2.03. The van der Waals surface area contributed by atoms with Gasteiger partial charge in [-0.05, 0) is 30.9 Å². The summed E-state index contributed by atoms with van der Waals surface area (Å²) in [5, 5.41) is 12.7. The normalized spacial score (nSPS) is 10.9. The lowest BCUT2D eigenvalue weighted by molar-refractivity contribution is 0.102. The van der Waals surface area contributed by atoms with E-state index < -0.39 is 0 Å². The average molecular weight is 348 g/mol. The van der Waals surface area contributed by atoms with Crippen molar-refractivity contribution in [1.82, 2.24) is 15.2 Å². The summed E-state index contributed by atoms with van der Waals surface area (Å²) in [5.41, 5.74) is 2.78. The number of nitrogens with one attached hydrogen (secondary N) is 2. The summed E-state index contributed by atoms with van der Waals surface area (Å²) in [6, 6.07) is 3.89. The number of methoxy groups -OCH3 is 1. The second-order valence-corrected chi connectivity index (χ2v) is 7.01. The molecule has 0 radical (unpaired) electrons. The smallest absolute Gasteiger partial charge is 0.268 e. The second-order valence-electron chi connectivity index (χ2n) is 5.01. The van der Waals surface area contributed by atoms with Gasteiger partial charge in [0.25, 0.3) is 5.91 Å². The quantitative estimate of drug-likeness (QED) is 0.738. The maximum absolute atomic E-state index is 12.4. The van der Waals surface area contributed by atoms with Crippen LogP contribution in [-0.4, -0.2) is 28.2 Å². The predicted molar refractivity (Wildman–Crippen MR) is 92.2 cm³/mol. The van der Waals surface area contributed by atoms with Crippen molar-refractivity contribution in [1.29, 1.82) is 0 Å². The van der Waals surface area contributed by atoms with Crippen molar-refractivity contribution < 1.29 is 9.53 Å². The maximum atomic E-state index is 12.4. The molecule has 0 fully saturated rings. The monoisotopic (exact) mass is 348 g/mol. The highest BCUT2D eigenvalue weighted by Crippen LogP contribution is 2.29. The maximum Gasteiger partial charge on any atom is 0.268 e. The van der Waals surface area contributed by atoms with Crippen LogP contribution in [0.15, 0.2) is 17.5 Å². The van der Waals surface area contributed by atoms with Gasteiger partial charge < -0.3 is 10.1 Å². The van der Waals surface area contributed by atoms with Gasteiger partial charge >= 0.3 is 0 Å². The number of nitrogens with zero attached hydrogens (tertiary/aromatic N) is 2. The Labute approximate surface area is 141 Å². The first-order valence-electron chi connectivity index (χ1n) is 6.95. The lowest BCUT2D eigenvalue weighted by Crippen LogP contribution is -2.11. The van der Waals surface area contributed by atoms with Crippen LogP contribution < -0.4 is 5.32 Å². The molecule has 6 nitrogen and oxygen atoms in total. The molecular weight excluding hydrogens is 332 g/mol. The third-order valence-electron chi connectivity index (χ3n) is 3.24. The summed E-state index contributed by atoms with van der Waals surface area (Å²) in [6.07, 6.45) is 0. The van der Waals surface area contributed by atoms with Gasteiger partial charge in [-0.2, -0.15) is 5.10 Å². The van der Waals surface area contributed by atoms with Gasteiger partial charge in [0.2, 0.25) is 0 Å². The second kappa shape index (κ2) is 6.61. The van der Waals surface area contributed by atoms with E-state index in [1.807, 2.05) is 25.3 Å². The van der Waals surface area contributed by atoms with Crippen molar-refractivity contribution in [2.75, 3.05) is 12.4 Å². The van der Waals surface area contributed by atoms with Crippen molar-refractivity contribution in [3.63, 3.8) is 0 Å². The number of rotatable bonds is 5. The summed E-state index contributed by atoms with van der Waals surface area (Å²) in [6.45, 7) is 4.27. The number of hydrogen-bond donors (Lipinski definition) is 2. The van der Waals surface area contributed by atoms with Crippen LogP contribution >= 0.6 is 22.7 Å². The Morgan fingerprint density at radius 2 is 2.26 bits per heavy atom. The van der Waals surface area contributed by atoms with Gasteiger partial charge in [-0.25, -0.2) is 4.98 Å². The third kappa shape index (κ3) is 3.34. The van der Waals surface area contributed by atoms with E-state index in [1.54, 1.807) is 18.4 Å². The molecule has 0 spiro atoms. The number of anilines is 1. The lowest BCUT2D eigenvalue weighted by Gasteiger charge is -1.99. The molecule has 23 heavy (non-hydrogen) atoms. The number of aromatic amines is 1. The van der Waals surface area contributed by atoms with E-state index in [4.69, 9.17) is 4.74 Å². The third-order valence-corrected chi connectivity index (χ3v) is 5.42. The Bertz CT molecular complexity index is 834. The van der Waals surface area contributed by atoms with Crippen LogP contribution in [0.2, 0.25) is 0 Å². The van der Waals surface area contributed by atoms with Crippen LogP contribution in [-0.2, 0) is 11.3 Å². The Morgan fingerprint density at radius 3 is 2.96 bits per heavy atom. The van der Waals surface area contributed by atoms with Crippen LogP contribution in [0.25, 0.3) is 10.6 Å². The number of thiazole rings is 1. The fraction of sp³-hybridized carbons (Fsp3) is 0.267. The fourth-order valence-electron chi connectivity index (χ4n) is 2.17. The molecule has 1 amide bonds. The standard InChI is InChI=1S/C15H16N4O2S2/c1-8-4-5-22-13(8)10-6-11(19-18-10)17-15(20)14-9(2)16-12(23-14)7-21-3/h4-6H,7H2,1-3H3,(H2,17,18,19,20). The summed E-state index contributed by atoms with van der Waals surface area (Å²) in [5.74, 6) is 0.294. The van der Waals surface area contributed by atoms with E-state index in [2.05, 4.69) is 26.6 Å². The van der Waals surface area contributed by atoms with Gasteiger partial charge in [0, 0.05) is 13.2 Å². The van der Waals surface area contributed by atoms with Gasteiger partial charge in [-0.15, -0.1) is 22.7 Å². The Morgan fingerprint density at radius 1 is 1.43 bits per heavy atom. The number of thiophene rings is 1. The van der Waals surface area contributed by atoms with E-state index in [-0.39, 0.29) is 5.91 Å². The Balaban J connectivity index is 1.76. The van der Waals surface area contributed by atoms with Gasteiger partial charge in [0.15, 0.2) is 5.82 Å². The molecule has 3 heterocycles. The number of carbonyl (C=O) groups is 1. The van der Waals surface area contributed by atoms with Crippen molar-refractivity contribution in [2.45, 2.75) is 20.5 Å². The van der Waals surface area contributed by atoms with E-state index in [0.29, 0.717) is 23.0 Å². The zero-order valence-electron chi connectivity index (χ0n) is 13.0. The number of ether oxygens (including phenoxy) is 1. The number of aryl methyl sites for hydroxylation is 2. The first-order chi connectivity index (χ1) is 11.1. The molecule has 2 N–H and O–H groups in total. The van der Waals surface area contributed by atoms with E-state index >= 15 is 0 Å². The van der Waals surface area contributed by atoms with Gasteiger partial charge in [-0.1, -0.05) is 0 Å². The van der Waals surface area contributed by atoms with Crippen LogP contribution in [0.1, 0.15) is 25.9 Å². The summed E-state index contributed by atoms with van der Waals surface area (Å²) < 4.78 is 5.05. The number of carbonyl (C=O) groups excluding carboxylic acids is 1. The molecule has 0 aliphatic heterocycles. The first-order valence-corrected chi connectivity index (χ1v) is 8.64. The number of H-pyrrole nitrogens is 1. The molecule has 0 atom stereocenters. The van der Waals surface area contributed by atoms with Crippen LogP contribution in [0, 0.1) is 13.8 Å². The zero-order chi connectivity index (χ0) is 16.4. The van der Waals surface area contributed by atoms with Gasteiger partial charge in [0.05, 0.1) is 22.9 Å². The van der Waals surface area contributed by atoms with Crippen molar-refractivity contribution in [3.8, 4) is 10.6 Å². The molecule has 3 rings (SSSR count). The lowest BCUT2D eigenvalue weighted by atomic mass is 10.2. The molecule has 0 aliphatic carbocycles. The fourth-order valence-corrected chi connectivity index (χ4v) is 4.00. The largest absolute Gasteiger partial charge is 0.378 e. The highest BCUT2D eigenvalue weighted by Gasteiger charge is 2.17. The minimum absolute atomic E-state index is 0.205. The molecule has 0 aliphatic rings. The highest BCUT2D eigenvalue weighted by molar-refractivity contribution is 7.14. The molecular formula is C15H16N4O2S2. The summed E-state index contributed by atoms with van der Waals surface area (Å²) in [4.78, 5) is 18.4. The minimum atomic E-state index is -0.205.